The molecule has 3 aromatic carbocycles. The third kappa shape index (κ3) is 4.62. The number of hydrogen-bond donors (Lipinski definition) is 1. The van der Waals surface area contributed by atoms with E-state index in [2.05, 4.69) is 5.32 Å². The predicted molar refractivity (Wildman–Crippen MR) is 133 cm³/mol. The zero-order valence-electron chi connectivity index (χ0n) is 19.3. The van der Waals surface area contributed by atoms with Gasteiger partial charge < -0.3 is 19.2 Å². The molecule has 0 atom stereocenters. The van der Waals surface area contributed by atoms with Gasteiger partial charge in [-0.25, -0.2) is 0 Å². The summed E-state index contributed by atoms with van der Waals surface area (Å²) in [6, 6.07) is 19.3. The van der Waals surface area contributed by atoms with Gasteiger partial charge >= 0.3 is 0 Å². The van der Waals surface area contributed by atoms with Gasteiger partial charge in [-0.2, -0.15) is 0 Å². The van der Waals surface area contributed by atoms with E-state index < -0.39 is 0 Å². The quantitative estimate of drug-likeness (QED) is 0.318. The monoisotopic (exact) mass is 441 g/mol. The summed E-state index contributed by atoms with van der Waals surface area (Å²) in [4.78, 5) is 12.7. The van der Waals surface area contributed by atoms with Gasteiger partial charge in [-0.3, -0.25) is 4.79 Å². The number of furan rings is 1. The zero-order chi connectivity index (χ0) is 23.4. The smallest absolute Gasteiger partial charge is 0.248 e. The van der Waals surface area contributed by atoms with Crippen LogP contribution in [-0.2, 0) is 4.79 Å². The number of anilines is 1. The maximum absolute atomic E-state index is 12.7. The number of carbonyl (C=O) groups excluding carboxylic acids is 1. The van der Waals surface area contributed by atoms with Crippen molar-refractivity contribution in [3.05, 3.63) is 84.1 Å². The summed E-state index contributed by atoms with van der Waals surface area (Å²) in [7, 11) is 1.65. The van der Waals surface area contributed by atoms with E-state index in [1.54, 1.807) is 19.4 Å². The molecule has 0 fully saturated rings. The molecule has 5 nitrogen and oxygen atoms in total. The average molecular weight is 442 g/mol. The minimum Gasteiger partial charge on any atom is -0.497 e. The summed E-state index contributed by atoms with van der Waals surface area (Å²) in [6.07, 6.45) is 3.36. The summed E-state index contributed by atoms with van der Waals surface area (Å²) in [5.74, 6) is 1.33. The van der Waals surface area contributed by atoms with Gasteiger partial charge in [0.2, 0.25) is 5.91 Å². The third-order valence-electron chi connectivity index (χ3n) is 5.55. The van der Waals surface area contributed by atoms with Crippen molar-refractivity contribution in [2.24, 2.45) is 0 Å². The van der Waals surface area contributed by atoms with Crippen LogP contribution in [0, 0.1) is 6.92 Å². The van der Waals surface area contributed by atoms with Crippen LogP contribution in [0.1, 0.15) is 25.0 Å². The van der Waals surface area contributed by atoms with Gasteiger partial charge in [0.15, 0.2) is 0 Å². The van der Waals surface area contributed by atoms with Gasteiger partial charge in [-0.15, -0.1) is 0 Å². The zero-order valence-corrected chi connectivity index (χ0v) is 19.3. The fourth-order valence-corrected chi connectivity index (χ4v) is 3.91. The van der Waals surface area contributed by atoms with Crippen LogP contribution >= 0.6 is 0 Å². The third-order valence-corrected chi connectivity index (χ3v) is 5.55. The number of amides is 1. The summed E-state index contributed by atoms with van der Waals surface area (Å²) >= 11 is 0. The highest BCUT2D eigenvalue weighted by Crippen LogP contribution is 2.41. The molecule has 0 aliphatic carbocycles. The number of methoxy groups -OCH3 is 1. The van der Waals surface area contributed by atoms with E-state index >= 15 is 0 Å². The Balaban J connectivity index is 1.78. The molecule has 1 amide bonds. The van der Waals surface area contributed by atoms with Gasteiger partial charge in [0, 0.05) is 33.8 Å². The first-order valence-electron chi connectivity index (χ1n) is 10.9. The van der Waals surface area contributed by atoms with Crippen molar-refractivity contribution in [3.63, 3.8) is 0 Å². The summed E-state index contributed by atoms with van der Waals surface area (Å²) < 4.78 is 17.2. The van der Waals surface area contributed by atoms with E-state index in [0.717, 1.165) is 56.0 Å². The molecule has 1 aromatic heterocycles. The fourth-order valence-electron chi connectivity index (χ4n) is 3.91. The molecule has 1 N–H and O–H groups in total. The standard InChI is InChI=1S/C28H27NO4/c1-5-32-27-19(3)28-24(25(17-33-28)20-11-13-22(31-4)14-12-20)16-23(27)18(2)15-26(30)29-21-9-7-6-8-10-21/h6-17H,5H2,1-4H3,(H,29,30)/b18-15+. The highest BCUT2D eigenvalue weighted by molar-refractivity contribution is 6.06. The van der Waals surface area contributed by atoms with Crippen LogP contribution in [0.4, 0.5) is 5.69 Å². The maximum atomic E-state index is 12.7. The predicted octanol–water partition coefficient (Wildman–Crippen LogP) is 6.86. The van der Waals surface area contributed by atoms with Gasteiger partial charge in [0.1, 0.15) is 17.1 Å². The first-order valence-corrected chi connectivity index (χ1v) is 10.9. The SMILES string of the molecule is CCOc1c(/C(C)=C/C(=O)Nc2ccccc2)cc2c(-c3ccc(OC)cc3)coc2c1C. The lowest BCUT2D eigenvalue weighted by molar-refractivity contribution is -0.111. The lowest BCUT2D eigenvalue weighted by Crippen LogP contribution is -2.08. The molecule has 0 radical (unpaired) electrons. The van der Waals surface area contributed by atoms with Gasteiger partial charge in [0.05, 0.1) is 20.0 Å². The molecule has 0 saturated carbocycles. The summed E-state index contributed by atoms with van der Waals surface area (Å²) in [5.41, 5.74) is 6.09. The normalized spacial score (nSPS) is 11.5. The van der Waals surface area contributed by atoms with E-state index in [4.69, 9.17) is 13.9 Å². The lowest BCUT2D eigenvalue weighted by atomic mass is 9.96. The first-order chi connectivity index (χ1) is 16.0. The second-order valence-corrected chi connectivity index (χ2v) is 7.75. The average Bonchev–Trinajstić information content (AvgIpc) is 3.25. The molecule has 33 heavy (non-hydrogen) atoms. The number of ether oxygens (including phenoxy) is 2. The largest absolute Gasteiger partial charge is 0.497 e. The second kappa shape index (κ2) is 9.65. The minimum atomic E-state index is -0.193. The summed E-state index contributed by atoms with van der Waals surface area (Å²) in [5, 5.41) is 3.87. The number of allylic oxidation sites excluding steroid dienone is 1. The number of fused-ring (bicyclic) bond motifs is 1. The molecular weight excluding hydrogens is 414 g/mol. The van der Waals surface area contributed by atoms with Gasteiger partial charge in [-0.05, 0) is 62.2 Å². The van der Waals surface area contributed by atoms with Crippen molar-refractivity contribution in [3.8, 4) is 22.6 Å². The van der Waals surface area contributed by atoms with Crippen molar-refractivity contribution in [1.29, 1.82) is 0 Å². The Kier molecular flexibility index (Phi) is 6.50. The Morgan fingerprint density at radius 3 is 2.48 bits per heavy atom. The number of aryl methyl sites for hydroxylation is 1. The van der Waals surface area contributed by atoms with Crippen LogP contribution in [0.3, 0.4) is 0 Å². The van der Waals surface area contributed by atoms with E-state index in [1.807, 2.05) is 81.4 Å². The number of carbonyl (C=O) groups is 1. The van der Waals surface area contributed by atoms with Crippen molar-refractivity contribution >= 4 is 28.1 Å². The number of benzene rings is 3. The molecule has 4 rings (SSSR count). The van der Waals surface area contributed by atoms with E-state index in [1.165, 1.54) is 0 Å². The molecule has 0 bridgehead atoms. The van der Waals surface area contributed by atoms with Gasteiger partial charge in [0.25, 0.3) is 0 Å². The summed E-state index contributed by atoms with van der Waals surface area (Å²) in [6.45, 7) is 6.35. The fraction of sp³-hybridized carbons (Fsp3) is 0.179. The number of nitrogens with one attached hydrogen (secondary N) is 1. The number of rotatable bonds is 7. The highest BCUT2D eigenvalue weighted by atomic mass is 16.5. The molecule has 168 valence electrons. The van der Waals surface area contributed by atoms with E-state index in [0.29, 0.717) is 6.61 Å². The Morgan fingerprint density at radius 1 is 1.09 bits per heavy atom. The molecule has 0 unspecified atom stereocenters. The van der Waals surface area contributed by atoms with Crippen LogP contribution in [0.2, 0.25) is 0 Å². The molecule has 1 heterocycles. The van der Waals surface area contributed by atoms with Crippen LogP contribution in [0.15, 0.2) is 77.4 Å². The highest BCUT2D eigenvalue weighted by Gasteiger charge is 2.19. The first kappa shape index (κ1) is 22.2. The van der Waals surface area contributed by atoms with Crippen LogP contribution < -0.4 is 14.8 Å². The van der Waals surface area contributed by atoms with Crippen LogP contribution in [-0.4, -0.2) is 19.6 Å². The molecule has 5 heteroatoms. The van der Waals surface area contributed by atoms with Crippen molar-refractivity contribution < 1.29 is 18.7 Å². The maximum Gasteiger partial charge on any atom is 0.248 e. The topological polar surface area (TPSA) is 60.7 Å². The van der Waals surface area contributed by atoms with Crippen LogP contribution in [0.25, 0.3) is 27.7 Å². The van der Waals surface area contributed by atoms with Crippen LogP contribution in [0.5, 0.6) is 11.5 Å². The molecule has 4 aromatic rings. The number of hydrogen-bond acceptors (Lipinski definition) is 4. The molecular formula is C28H27NO4. The molecule has 0 aliphatic rings. The van der Waals surface area contributed by atoms with Crippen molar-refractivity contribution in [2.75, 3.05) is 19.0 Å². The second-order valence-electron chi connectivity index (χ2n) is 7.75. The molecule has 0 spiro atoms. The molecule has 0 aliphatic heterocycles. The number of para-hydroxylation sites is 1. The van der Waals surface area contributed by atoms with Gasteiger partial charge in [-0.1, -0.05) is 30.3 Å². The Labute approximate surface area is 193 Å². The van der Waals surface area contributed by atoms with Crippen molar-refractivity contribution in [1.82, 2.24) is 0 Å². The van der Waals surface area contributed by atoms with E-state index in [-0.39, 0.29) is 5.91 Å². The minimum absolute atomic E-state index is 0.193. The van der Waals surface area contributed by atoms with Crippen molar-refractivity contribution in [2.45, 2.75) is 20.8 Å². The Bertz CT molecular complexity index is 1300. The lowest BCUT2D eigenvalue weighted by Gasteiger charge is -2.15. The Morgan fingerprint density at radius 2 is 1.82 bits per heavy atom. The Hall–Kier alpha value is -3.99. The van der Waals surface area contributed by atoms with E-state index in [9.17, 15) is 4.79 Å². The molecule has 0 saturated heterocycles.